The van der Waals surface area contributed by atoms with E-state index in [2.05, 4.69) is 30.4 Å². The molecule has 5 rings (SSSR count). The number of hydrogen-bond acceptors (Lipinski definition) is 3. The molecule has 0 unspecified atom stereocenters. The molecule has 2 aromatic rings. The van der Waals surface area contributed by atoms with E-state index in [1.165, 1.54) is 0 Å². The fourth-order valence-electron chi connectivity index (χ4n) is 4.93. The van der Waals surface area contributed by atoms with E-state index in [4.69, 9.17) is 4.74 Å². The number of carbonyl (C=O) groups is 2. The fourth-order valence-corrected chi connectivity index (χ4v) is 4.93. The molecule has 2 aromatic carbocycles. The first-order valence-electron chi connectivity index (χ1n) is 11.0. The molecule has 0 radical (unpaired) electrons. The first kappa shape index (κ1) is 19.3. The number of aryl methyl sites for hydroxylation is 1. The first-order valence-corrected chi connectivity index (χ1v) is 11.0. The predicted octanol–water partition coefficient (Wildman–Crippen LogP) is 3.73. The lowest BCUT2D eigenvalue weighted by Gasteiger charge is -2.42. The Bertz CT molecular complexity index is 962. The number of ether oxygens (including phenoxy) is 1. The lowest BCUT2D eigenvalue weighted by atomic mass is 9.78. The lowest BCUT2D eigenvalue weighted by Crippen LogP contribution is -2.49. The number of amides is 2. The van der Waals surface area contributed by atoms with Gasteiger partial charge in [0.05, 0.1) is 18.1 Å². The number of carbonyl (C=O) groups excluding carboxylic acids is 2. The second kappa shape index (κ2) is 7.88. The van der Waals surface area contributed by atoms with Gasteiger partial charge in [0, 0.05) is 24.8 Å². The van der Waals surface area contributed by atoms with Gasteiger partial charge in [-0.25, -0.2) is 0 Å². The van der Waals surface area contributed by atoms with Crippen LogP contribution in [0, 0.1) is 6.92 Å². The van der Waals surface area contributed by atoms with E-state index < -0.39 is 5.92 Å². The van der Waals surface area contributed by atoms with Crippen molar-refractivity contribution < 1.29 is 14.3 Å². The molecule has 5 heteroatoms. The first-order chi connectivity index (χ1) is 14.6. The number of nitrogens with zero attached hydrogens (tertiary/aromatic N) is 1. The largest absolute Gasteiger partial charge is 0.376 e. The van der Waals surface area contributed by atoms with Gasteiger partial charge >= 0.3 is 0 Å². The maximum atomic E-state index is 13.6. The third kappa shape index (κ3) is 3.52. The van der Waals surface area contributed by atoms with E-state index in [9.17, 15) is 9.59 Å². The molecule has 30 heavy (non-hydrogen) atoms. The zero-order valence-electron chi connectivity index (χ0n) is 17.3. The van der Waals surface area contributed by atoms with E-state index in [1.54, 1.807) is 0 Å². The zero-order chi connectivity index (χ0) is 20.7. The molecule has 2 amide bonds. The third-order valence-electron chi connectivity index (χ3n) is 6.51. The Morgan fingerprint density at radius 1 is 1.13 bits per heavy atom. The van der Waals surface area contributed by atoms with Crippen molar-refractivity contribution in [1.29, 1.82) is 0 Å². The third-order valence-corrected chi connectivity index (χ3v) is 6.51. The lowest BCUT2D eigenvalue weighted by molar-refractivity contribution is -0.124. The number of hydrogen-bond donors (Lipinski definition) is 1. The Morgan fingerprint density at radius 3 is 2.70 bits per heavy atom. The van der Waals surface area contributed by atoms with Crippen molar-refractivity contribution in [1.82, 2.24) is 10.2 Å². The summed E-state index contributed by atoms with van der Waals surface area (Å²) in [5.41, 5.74) is 3.65. The molecular weight excluding hydrogens is 376 g/mol. The Balaban J connectivity index is 1.56. The van der Waals surface area contributed by atoms with Crippen molar-refractivity contribution in [2.45, 2.75) is 56.7 Å². The Labute approximate surface area is 177 Å². The number of fused-ring (bicyclic) bond motifs is 1. The molecule has 1 saturated carbocycles. The Hall–Kier alpha value is -2.66. The molecule has 2 heterocycles. The van der Waals surface area contributed by atoms with Crippen LogP contribution in [0.15, 0.2) is 48.5 Å². The van der Waals surface area contributed by atoms with E-state index in [-0.39, 0.29) is 30.0 Å². The van der Waals surface area contributed by atoms with Gasteiger partial charge in [-0.15, -0.1) is 0 Å². The van der Waals surface area contributed by atoms with E-state index in [1.807, 2.05) is 35.2 Å². The van der Waals surface area contributed by atoms with Crippen LogP contribution in [0.5, 0.6) is 0 Å². The van der Waals surface area contributed by atoms with Gasteiger partial charge in [-0.2, -0.15) is 0 Å². The molecule has 156 valence electrons. The van der Waals surface area contributed by atoms with Crippen molar-refractivity contribution in [3.05, 3.63) is 70.8 Å². The van der Waals surface area contributed by atoms with Gasteiger partial charge in [0.1, 0.15) is 0 Å². The Morgan fingerprint density at radius 2 is 1.97 bits per heavy atom. The molecule has 2 aliphatic heterocycles. The summed E-state index contributed by atoms with van der Waals surface area (Å²) in [4.78, 5) is 29.0. The summed E-state index contributed by atoms with van der Waals surface area (Å²) >= 11 is 0. The number of rotatable bonds is 5. The van der Waals surface area contributed by atoms with Crippen LogP contribution >= 0.6 is 0 Å². The smallest absolute Gasteiger partial charge is 0.254 e. The summed E-state index contributed by atoms with van der Waals surface area (Å²) in [6.07, 6.45) is 4.12. The van der Waals surface area contributed by atoms with Crippen LogP contribution in [0.3, 0.4) is 0 Å². The quantitative estimate of drug-likeness (QED) is 0.826. The molecule has 0 aromatic heterocycles. The second-order valence-electron chi connectivity index (χ2n) is 8.75. The molecule has 1 aliphatic carbocycles. The number of benzene rings is 2. The van der Waals surface area contributed by atoms with E-state index in [0.29, 0.717) is 12.1 Å². The molecular formula is C25H28N2O3. The summed E-state index contributed by atoms with van der Waals surface area (Å²) < 4.78 is 5.69. The summed E-state index contributed by atoms with van der Waals surface area (Å²) in [6.45, 7) is 3.34. The van der Waals surface area contributed by atoms with Crippen molar-refractivity contribution in [3.63, 3.8) is 0 Å². The van der Waals surface area contributed by atoms with E-state index >= 15 is 0 Å². The molecule has 1 saturated heterocycles. The normalized spacial score (nSPS) is 25.8. The van der Waals surface area contributed by atoms with Gasteiger partial charge in [-0.1, -0.05) is 48.0 Å². The summed E-state index contributed by atoms with van der Waals surface area (Å²) in [5.74, 6) is -0.409. The molecule has 0 spiro atoms. The molecule has 3 aliphatic rings. The highest BCUT2D eigenvalue weighted by Gasteiger charge is 2.49. The Kier molecular flexibility index (Phi) is 5.07. The van der Waals surface area contributed by atoms with Crippen LogP contribution in [-0.4, -0.2) is 42.0 Å². The number of nitrogens with one attached hydrogen (secondary N) is 1. The molecule has 1 N–H and O–H groups in total. The van der Waals surface area contributed by atoms with Gasteiger partial charge < -0.3 is 15.0 Å². The molecule has 0 bridgehead atoms. The van der Waals surface area contributed by atoms with Crippen LogP contribution < -0.4 is 5.32 Å². The van der Waals surface area contributed by atoms with Crippen LogP contribution in [-0.2, 0) is 9.53 Å². The van der Waals surface area contributed by atoms with Crippen LogP contribution in [0.25, 0.3) is 0 Å². The maximum absolute atomic E-state index is 13.6. The molecule has 5 nitrogen and oxygen atoms in total. The van der Waals surface area contributed by atoms with Crippen molar-refractivity contribution >= 4 is 11.8 Å². The predicted molar refractivity (Wildman–Crippen MR) is 114 cm³/mol. The van der Waals surface area contributed by atoms with Gasteiger partial charge in [0.15, 0.2) is 0 Å². The minimum absolute atomic E-state index is 0.0254. The topological polar surface area (TPSA) is 58.6 Å². The van der Waals surface area contributed by atoms with Crippen LogP contribution in [0.1, 0.15) is 64.7 Å². The standard InChI is InChI=1S/C25H28N2O3/c1-16-6-4-7-17(14-16)23-22(24(28)26-15-19-8-5-13-30-19)20-9-2-3-10-21(20)25(29)27(23)18-11-12-18/h2-4,6-7,9-10,14,18-19,22-23H,5,8,11-13,15H2,1H3,(H,26,28)/t19-,22+,23-/m1/s1. The van der Waals surface area contributed by atoms with Gasteiger partial charge in [0.2, 0.25) is 5.91 Å². The minimum atomic E-state index is -0.428. The molecule has 3 atom stereocenters. The van der Waals surface area contributed by atoms with Gasteiger partial charge in [0.25, 0.3) is 5.91 Å². The highest BCUT2D eigenvalue weighted by atomic mass is 16.5. The van der Waals surface area contributed by atoms with Crippen molar-refractivity contribution in [3.8, 4) is 0 Å². The van der Waals surface area contributed by atoms with Crippen molar-refractivity contribution in [2.24, 2.45) is 0 Å². The fraction of sp³-hybridized carbons (Fsp3) is 0.440. The maximum Gasteiger partial charge on any atom is 0.254 e. The van der Waals surface area contributed by atoms with Crippen LogP contribution in [0.2, 0.25) is 0 Å². The monoisotopic (exact) mass is 404 g/mol. The van der Waals surface area contributed by atoms with Gasteiger partial charge in [-0.05, 0) is 49.8 Å². The zero-order valence-corrected chi connectivity index (χ0v) is 17.3. The highest BCUT2D eigenvalue weighted by molar-refractivity contribution is 6.01. The average Bonchev–Trinajstić information content (AvgIpc) is 3.45. The minimum Gasteiger partial charge on any atom is -0.376 e. The summed E-state index contributed by atoms with van der Waals surface area (Å²) in [5, 5.41) is 3.14. The van der Waals surface area contributed by atoms with E-state index in [0.717, 1.165) is 49.0 Å². The van der Waals surface area contributed by atoms with Crippen LogP contribution in [0.4, 0.5) is 0 Å². The summed E-state index contributed by atoms with van der Waals surface area (Å²) in [6, 6.07) is 15.8. The SMILES string of the molecule is Cc1cccc([C@@H]2[C@@H](C(=O)NC[C@H]3CCCO3)c3ccccc3C(=O)N2C2CC2)c1. The molecule has 2 fully saturated rings. The summed E-state index contributed by atoms with van der Waals surface area (Å²) in [7, 11) is 0. The highest BCUT2D eigenvalue weighted by Crippen LogP contribution is 2.47. The second-order valence-corrected chi connectivity index (χ2v) is 8.75. The van der Waals surface area contributed by atoms with Gasteiger partial charge in [-0.3, -0.25) is 9.59 Å². The average molecular weight is 405 g/mol. The van der Waals surface area contributed by atoms with Crippen molar-refractivity contribution in [2.75, 3.05) is 13.2 Å².